The van der Waals surface area contributed by atoms with Crippen molar-refractivity contribution in [2.45, 2.75) is 62.6 Å². The molecule has 1 heterocycles. The first-order chi connectivity index (χ1) is 13.5. The van der Waals surface area contributed by atoms with E-state index in [-0.39, 0.29) is 16.9 Å². The minimum Gasteiger partial charge on any atom is -0.493 e. The summed E-state index contributed by atoms with van der Waals surface area (Å²) in [7, 11) is 1.71. The van der Waals surface area contributed by atoms with Crippen molar-refractivity contribution < 1.29 is 14.6 Å². The van der Waals surface area contributed by atoms with Crippen LogP contribution in [0.3, 0.4) is 0 Å². The van der Waals surface area contributed by atoms with Gasteiger partial charge in [-0.3, -0.25) is 0 Å². The number of rotatable bonds is 3. The number of ether oxygens (including phenoxy) is 2. The number of aliphatic hydroxyl groups is 1. The number of aryl methyl sites for hydroxylation is 1. The summed E-state index contributed by atoms with van der Waals surface area (Å²) in [6.45, 7) is 4.60. The molecule has 1 spiro atoms. The van der Waals surface area contributed by atoms with Gasteiger partial charge in [-0.25, -0.2) is 0 Å². The van der Waals surface area contributed by atoms with Crippen molar-refractivity contribution in [1.82, 2.24) is 0 Å². The molecule has 3 heteroatoms. The molecule has 2 aromatic carbocycles. The third kappa shape index (κ3) is 2.39. The van der Waals surface area contributed by atoms with E-state index in [9.17, 15) is 5.11 Å². The van der Waals surface area contributed by atoms with Gasteiger partial charge in [-0.05, 0) is 54.4 Å². The number of hydrogen-bond acceptors (Lipinski definition) is 3. The first kappa shape index (κ1) is 17.8. The third-order valence-corrected chi connectivity index (χ3v) is 7.17. The summed E-state index contributed by atoms with van der Waals surface area (Å²) in [5, 5.41) is 10.2. The first-order valence-corrected chi connectivity index (χ1v) is 10.3. The van der Waals surface area contributed by atoms with Crippen LogP contribution in [0.5, 0.6) is 11.5 Å². The smallest absolute Gasteiger partial charge is 0.166 e. The van der Waals surface area contributed by atoms with Crippen LogP contribution < -0.4 is 9.47 Å². The summed E-state index contributed by atoms with van der Waals surface area (Å²) in [6, 6.07) is 12.9. The van der Waals surface area contributed by atoms with Gasteiger partial charge in [-0.1, -0.05) is 49.4 Å². The SMILES string of the molecule is COc1cc(C)c2c3c1O[C@@H]1C[C@H](O)C=CC31CCC2(C)Cc1ccccc1. The fourth-order valence-corrected chi connectivity index (χ4v) is 5.90. The average molecular weight is 376 g/mol. The van der Waals surface area contributed by atoms with E-state index in [1.165, 1.54) is 22.3 Å². The number of aliphatic hydroxyl groups excluding tert-OH is 1. The molecule has 4 atom stereocenters. The summed E-state index contributed by atoms with van der Waals surface area (Å²) >= 11 is 0. The largest absolute Gasteiger partial charge is 0.493 e. The monoisotopic (exact) mass is 376 g/mol. The summed E-state index contributed by atoms with van der Waals surface area (Å²) in [6.07, 6.45) is 7.54. The van der Waals surface area contributed by atoms with Gasteiger partial charge in [0.1, 0.15) is 6.10 Å². The first-order valence-electron chi connectivity index (χ1n) is 10.3. The van der Waals surface area contributed by atoms with Crippen LogP contribution in [0.4, 0.5) is 0 Å². The van der Waals surface area contributed by atoms with Gasteiger partial charge >= 0.3 is 0 Å². The van der Waals surface area contributed by atoms with E-state index in [1.54, 1.807) is 7.11 Å². The highest BCUT2D eigenvalue weighted by Gasteiger charge is 2.57. The van der Waals surface area contributed by atoms with E-state index in [4.69, 9.17) is 9.47 Å². The lowest BCUT2D eigenvalue weighted by atomic mass is 9.56. The average Bonchev–Trinajstić information content (AvgIpc) is 3.01. The van der Waals surface area contributed by atoms with Crippen molar-refractivity contribution in [3.63, 3.8) is 0 Å². The lowest BCUT2D eigenvalue weighted by Gasteiger charge is -2.46. The van der Waals surface area contributed by atoms with Crippen LogP contribution in [-0.2, 0) is 17.3 Å². The van der Waals surface area contributed by atoms with Crippen molar-refractivity contribution in [1.29, 1.82) is 0 Å². The van der Waals surface area contributed by atoms with Gasteiger partial charge < -0.3 is 14.6 Å². The quantitative estimate of drug-likeness (QED) is 0.795. The van der Waals surface area contributed by atoms with Gasteiger partial charge in [0, 0.05) is 12.0 Å². The molecule has 1 aliphatic heterocycles. The molecule has 146 valence electrons. The molecule has 5 rings (SSSR count). The maximum atomic E-state index is 10.2. The Morgan fingerprint density at radius 3 is 2.71 bits per heavy atom. The number of methoxy groups -OCH3 is 1. The van der Waals surface area contributed by atoms with Gasteiger partial charge in [0.15, 0.2) is 11.5 Å². The molecule has 3 aliphatic rings. The molecule has 2 aliphatic carbocycles. The van der Waals surface area contributed by atoms with Gasteiger partial charge in [-0.15, -0.1) is 0 Å². The number of benzene rings is 2. The summed E-state index contributed by atoms with van der Waals surface area (Å²) in [5.74, 6) is 1.71. The van der Waals surface area contributed by atoms with Crippen LogP contribution in [0.1, 0.15) is 48.4 Å². The molecule has 0 radical (unpaired) electrons. The highest BCUT2D eigenvalue weighted by Crippen LogP contribution is 2.61. The normalized spacial score (nSPS) is 32.4. The summed E-state index contributed by atoms with van der Waals surface area (Å²) in [4.78, 5) is 0. The van der Waals surface area contributed by atoms with Gasteiger partial charge in [0.25, 0.3) is 0 Å². The van der Waals surface area contributed by atoms with E-state index >= 15 is 0 Å². The third-order valence-electron chi connectivity index (χ3n) is 7.17. The highest BCUT2D eigenvalue weighted by atomic mass is 16.5. The molecule has 3 nitrogen and oxygen atoms in total. The van der Waals surface area contributed by atoms with Crippen LogP contribution in [0.25, 0.3) is 0 Å². The maximum absolute atomic E-state index is 10.2. The second-order valence-corrected chi connectivity index (χ2v) is 9.01. The Bertz CT molecular complexity index is 948. The van der Waals surface area contributed by atoms with E-state index in [2.05, 4.69) is 56.3 Å². The topological polar surface area (TPSA) is 38.7 Å². The van der Waals surface area contributed by atoms with Crippen molar-refractivity contribution in [2.75, 3.05) is 7.11 Å². The maximum Gasteiger partial charge on any atom is 0.166 e. The lowest BCUT2D eigenvalue weighted by molar-refractivity contribution is 0.0787. The van der Waals surface area contributed by atoms with Crippen molar-refractivity contribution >= 4 is 0 Å². The molecular weight excluding hydrogens is 348 g/mol. The molecule has 2 unspecified atom stereocenters. The summed E-state index contributed by atoms with van der Waals surface area (Å²) in [5.41, 5.74) is 5.28. The minimum atomic E-state index is -0.432. The molecule has 0 amide bonds. The Kier molecular flexibility index (Phi) is 3.89. The second-order valence-electron chi connectivity index (χ2n) is 9.01. The Balaban J connectivity index is 1.72. The Hall–Kier alpha value is -2.26. The minimum absolute atomic E-state index is 0.0155. The van der Waals surface area contributed by atoms with Crippen molar-refractivity contribution in [3.05, 3.63) is 70.8 Å². The lowest BCUT2D eigenvalue weighted by Crippen LogP contribution is -2.47. The predicted octanol–water partition coefficient (Wildman–Crippen LogP) is 4.62. The standard InChI is InChI=1S/C25H28O3/c1-16-13-19(27-3)23-22-21(16)24(2,15-17-7-5-4-6-8-17)11-12-25(22)10-9-18(26)14-20(25)28-23/h4-10,13,18,20,26H,11-12,14-15H2,1-3H3/t18-,20-,24?,25?/m1/s1. The van der Waals surface area contributed by atoms with E-state index in [0.29, 0.717) is 6.42 Å². The van der Waals surface area contributed by atoms with Crippen LogP contribution >= 0.6 is 0 Å². The Morgan fingerprint density at radius 2 is 1.96 bits per heavy atom. The van der Waals surface area contributed by atoms with E-state index < -0.39 is 6.10 Å². The zero-order valence-corrected chi connectivity index (χ0v) is 16.9. The fraction of sp³-hybridized carbons (Fsp3) is 0.440. The van der Waals surface area contributed by atoms with Crippen LogP contribution in [0, 0.1) is 6.92 Å². The Labute approximate surface area is 167 Å². The van der Waals surface area contributed by atoms with Crippen LogP contribution in [-0.4, -0.2) is 24.4 Å². The molecule has 0 bridgehead atoms. The van der Waals surface area contributed by atoms with Gasteiger partial charge in [-0.2, -0.15) is 0 Å². The molecule has 0 aromatic heterocycles. The molecule has 2 aromatic rings. The molecule has 0 saturated carbocycles. The zero-order valence-electron chi connectivity index (χ0n) is 16.9. The molecule has 0 saturated heterocycles. The van der Waals surface area contributed by atoms with Crippen molar-refractivity contribution in [2.24, 2.45) is 0 Å². The van der Waals surface area contributed by atoms with Crippen LogP contribution in [0.2, 0.25) is 0 Å². The number of hydrogen-bond donors (Lipinski definition) is 1. The van der Waals surface area contributed by atoms with Crippen molar-refractivity contribution in [3.8, 4) is 11.5 Å². The molecule has 0 fully saturated rings. The fourth-order valence-electron chi connectivity index (χ4n) is 5.90. The predicted molar refractivity (Wildman–Crippen MR) is 110 cm³/mol. The highest BCUT2D eigenvalue weighted by molar-refractivity contribution is 5.66. The summed E-state index contributed by atoms with van der Waals surface area (Å²) < 4.78 is 12.2. The van der Waals surface area contributed by atoms with E-state index in [1.807, 2.05) is 6.08 Å². The zero-order chi connectivity index (χ0) is 19.5. The second kappa shape index (κ2) is 6.12. The van der Waals surface area contributed by atoms with Gasteiger partial charge in [0.2, 0.25) is 0 Å². The van der Waals surface area contributed by atoms with E-state index in [0.717, 1.165) is 30.8 Å². The molecule has 28 heavy (non-hydrogen) atoms. The molecular formula is C25H28O3. The molecule has 1 N–H and O–H groups in total. The Morgan fingerprint density at radius 1 is 1.18 bits per heavy atom. The van der Waals surface area contributed by atoms with Crippen LogP contribution in [0.15, 0.2) is 48.6 Å². The van der Waals surface area contributed by atoms with Gasteiger partial charge in [0.05, 0.1) is 18.6 Å².